The third-order valence-corrected chi connectivity index (χ3v) is 5.63. The predicted octanol–water partition coefficient (Wildman–Crippen LogP) is 2.99. The quantitative estimate of drug-likeness (QED) is 0.712. The number of urea groups is 1. The molecule has 0 aliphatic carbocycles. The predicted molar refractivity (Wildman–Crippen MR) is 108 cm³/mol. The van der Waals surface area contributed by atoms with Crippen molar-refractivity contribution >= 4 is 38.3 Å². The molecule has 2 rings (SSSR count). The highest BCUT2D eigenvalue weighted by atomic mass is 32.2. The number of esters is 1. The maximum atomic E-state index is 12.0. The fraction of sp³-hybridized carbons (Fsp3) is 0.389. The van der Waals surface area contributed by atoms with Gasteiger partial charge in [-0.15, -0.1) is 0 Å². The van der Waals surface area contributed by atoms with E-state index in [1.54, 1.807) is 39.8 Å². The molecule has 1 aromatic heterocycles. The number of sulfone groups is 1. The molecule has 0 fully saturated rings. The molecule has 8 nitrogen and oxygen atoms in total. The first-order valence-electron chi connectivity index (χ1n) is 8.40. The zero-order valence-corrected chi connectivity index (χ0v) is 18.0. The van der Waals surface area contributed by atoms with E-state index in [-0.39, 0.29) is 11.4 Å². The molecule has 2 amide bonds. The van der Waals surface area contributed by atoms with Crippen molar-refractivity contribution in [1.29, 1.82) is 0 Å². The highest BCUT2D eigenvalue weighted by Gasteiger charge is 2.17. The number of rotatable bonds is 5. The van der Waals surface area contributed by atoms with Crippen molar-refractivity contribution in [2.24, 2.45) is 0 Å². The van der Waals surface area contributed by atoms with Gasteiger partial charge in [-0.3, -0.25) is 10.1 Å². The first-order chi connectivity index (χ1) is 12.8. The SMILES string of the molecule is Cc1nc(NC(=O)NCC(=O)OC(C)(C)C)sc1-c1ccc(S(C)(=O)=O)cc1. The Morgan fingerprint density at radius 1 is 1.18 bits per heavy atom. The minimum absolute atomic E-state index is 0.235. The number of nitrogens with one attached hydrogen (secondary N) is 2. The lowest BCUT2D eigenvalue weighted by atomic mass is 10.2. The van der Waals surface area contributed by atoms with Crippen LogP contribution in [0.1, 0.15) is 26.5 Å². The van der Waals surface area contributed by atoms with Crippen LogP contribution in [0.5, 0.6) is 0 Å². The first kappa shape index (κ1) is 21.8. The molecule has 0 spiro atoms. The Bertz CT molecular complexity index is 974. The lowest BCUT2D eigenvalue weighted by molar-refractivity contribution is -0.153. The maximum absolute atomic E-state index is 12.0. The van der Waals surface area contributed by atoms with E-state index in [9.17, 15) is 18.0 Å². The van der Waals surface area contributed by atoms with Gasteiger partial charge in [-0.25, -0.2) is 18.2 Å². The summed E-state index contributed by atoms with van der Waals surface area (Å²) in [4.78, 5) is 28.9. The van der Waals surface area contributed by atoms with Crippen LogP contribution in [0.25, 0.3) is 10.4 Å². The Hall–Kier alpha value is -2.46. The maximum Gasteiger partial charge on any atom is 0.325 e. The van der Waals surface area contributed by atoms with Gasteiger partial charge in [-0.05, 0) is 45.4 Å². The van der Waals surface area contributed by atoms with E-state index in [0.717, 1.165) is 16.7 Å². The summed E-state index contributed by atoms with van der Waals surface area (Å²) in [5.74, 6) is -0.537. The number of carbonyl (C=O) groups is 2. The largest absolute Gasteiger partial charge is 0.459 e. The van der Waals surface area contributed by atoms with Crippen LogP contribution in [0.2, 0.25) is 0 Å². The van der Waals surface area contributed by atoms with Gasteiger partial charge in [-0.2, -0.15) is 0 Å². The number of carbonyl (C=O) groups excluding carboxylic acids is 2. The van der Waals surface area contributed by atoms with Gasteiger partial charge in [-0.1, -0.05) is 23.5 Å². The number of thiazole rings is 1. The van der Waals surface area contributed by atoms with Crippen LogP contribution in [-0.4, -0.2) is 43.8 Å². The molecule has 0 saturated carbocycles. The lowest BCUT2D eigenvalue weighted by Gasteiger charge is -2.19. The Morgan fingerprint density at radius 2 is 1.79 bits per heavy atom. The molecule has 0 radical (unpaired) electrons. The summed E-state index contributed by atoms with van der Waals surface area (Å²) < 4.78 is 28.2. The molecule has 152 valence electrons. The van der Waals surface area contributed by atoms with Crippen molar-refractivity contribution in [1.82, 2.24) is 10.3 Å². The summed E-state index contributed by atoms with van der Waals surface area (Å²) >= 11 is 1.25. The van der Waals surface area contributed by atoms with Crippen molar-refractivity contribution in [3.63, 3.8) is 0 Å². The van der Waals surface area contributed by atoms with Crippen LogP contribution in [0, 0.1) is 6.92 Å². The number of ether oxygens (including phenoxy) is 1. The number of anilines is 1. The number of amides is 2. The minimum Gasteiger partial charge on any atom is -0.459 e. The molecule has 0 aliphatic heterocycles. The van der Waals surface area contributed by atoms with E-state index in [1.807, 2.05) is 0 Å². The second kappa shape index (κ2) is 8.27. The van der Waals surface area contributed by atoms with Crippen molar-refractivity contribution in [2.45, 2.75) is 38.2 Å². The molecule has 2 N–H and O–H groups in total. The Kier molecular flexibility index (Phi) is 6.45. The molecule has 10 heteroatoms. The fourth-order valence-corrected chi connectivity index (χ4v) is 3.84. The van der Waals surface area contributed by atoms with Crippen molar-refractivity contribution in [2.75, 3.05) is 18.1 Å². The molecule has 1 heterocycles. The van der Waals surface area contributed by atoms with Gasteiger partial charge >= 0.3 is 12.0 Å². The summed E-state index contributed by atoms with van der Waals surface area (Å²) in [7, 11) is -3.26. The topological polar surface area (TPSA) is 114 Å². The summed E-state index contributed by atoms with van der Waals surface area (Å²) in [6.07, 6.45) is 1.15. The van der Waals surface area contributed by atoms with E-state index in [2.05, 4.69) is 15.6 Å². The molecule has 0 aliphatic rings. The number of aromatic nitrogens is 1. The highest BCUT2D eigenvalue weighted by molar-refractivity contribution is 7.90. The standard InChI is InChI=1S/C18H23N3O5S2/c1-11-15(12-6-8-13(9-7-12)28(5,24)25)27-17(20-11)21-16(23)19-10-14(22)26-18(2,3)4/h6-9H,10H2,1-5H3,(H2,19,20,21,23). The van der Waals surface area contributed by atoms with Gasteiger partial charge in [0.05, 0.1) is 15.5 Å². The number of benzene rings is 1. The van der Waals surface area contributed by atoms with Crippen molar-refractivity contribution in [3.05, 3.63) is 30.0 Å². The van der Waals surface area contributed by atoms with Crippen LogP contribution in [0.15, 0.2) is 29.2 Å². The zero-order valence-electron chi connectivity index (χ0n) is 16.3. The molecule has 0 saturated heterocycles. The van der Waals surface area contributed by atoms with Crippen LogP contribution in [-0.2, 0) is 19.4 Å². The number of aryl methyl sites for hydroxylation is 1. The highest BCUT2D eigenvalue weighted by Crippen LogP contribution is 2.33. The summed E-state index contributed by atoms with van der Waals surface area (Å²) in [5, 5.41) is 5.36. The normalized spacial score (nSPS) is 11.8. The second-order valence-electron chi connectivity index (χ2n) is 7.12. The van der Waals surface area contributed by atoms with E-state index in [1.165, 1.54) is 23.5 Å². The summed E-state index contributed by atoms with van der Waals surface area (Å²) in [6, 6.07) is 5.89. The number of hydrogen-bond acceptors (Lipinski definition) is 7. The van der Waals surface area contributed by atoms with Crippen LogP contribution < -0.4 is 10.6 Å². The molecule has 1 aromatic carbocycles. The molecular weight excluding hydrogens is 402 g/mol. The van der Waals surface area contributed by atoms with E-state index in [4.69, 9.17) is 4.74 Å². The Morgan fingerprint density at radius 3 is 2.32 bits per heavy atom. The average Bonchev–Trinajstić information content (AvgIpc) is 2.91. The van der Waals surface area contributed by atoms with Crippen molar-refractivity contribution in [3.8, 4) is 10.4 Å². The van der Waals surface area contributed by atoms with Gasteiger partial charge in [0.15, 0.2) is 15.0 Å². The minimum atomic E-state index is -3.26. The number of nitrogens with zero attached hydrogens (tertiary/aromatic N) is 1. The average molecular weight is 426 g/mol. The summed E-state index contributed by atoms with van der Waals surface area (Å²) in [6.45, 7) is 6.77. The smallest absolute Gasteiger partial charge is 0.325 e. The lowest BCUT2D eigenvalue weighted by Crippen LogP contribution is -2.36. The van der Waals surface area contributed by atoms with Gasteiger partial charge in [0.25, 0.3) is 0 Å². The molecule has 2 aromatic rings. The third-order valence-electron chi connectivity index (χ3n) is 3.38. The molecule has 28 heavy (non-hydrogen) atoms. The van der Waals surface area contributed by atoms with Crippen LogP contribution in [0.4, 0.5) is 9.93 Å². The summed E-state index contributed by atoms with van der Waals surface area (Å²) in [5.41, 5.74) is 0.868. The second-order valence-corrected chi connectivity index (χ2v) is 10.1. The van der Waals surface area contributed by atoms with Gasteiger partial charge in [0.2, 0.25) is 0 Å². The van der Waals surface area contributed by atoms with Crippen molar-refractivity contribution < 1.29 is 22.7 Å². The van der Waals surface area contributed by atoms with E-state index >= 15 is 0 Å². The third kappa shape index (κ3) is 6.31. The van der Waals surface area contributed by atoms with Gasteiger partial charge in [0, 0.05) is 6.26 Å². The van der Waals surface area contributed by atoms with E-state index in [0.29, 0.717) is 10.8 Å². The first-order valence-corrected chi connectivity index (χ1v) is 11.1. The molecule has 0 bridgehead atoms. The molecular formula is C18H23N3O5S2. The van der Waals surface area contributed by atoms with Crippen LogP contribution >= 0.6 is 11.3 Å². The van der Waals surface area contributed by atoms with Crippen LogP contribution in [0.3, 0.4) is 0 Å². The Balaban J connectivity index is 2.02. The molecule has 0 unspecified atom stereocenters. The monoisotopic (exact) mass is 425 g/mol. The molecule has 0 atom stereocenters. The van der Waals surface area contributed by atoms with E-state index < -0.39 is 27.4 Å². The zero-order chi connectivity index (χ0) is 21.1. The van der Waals surface area contributed by atoms with Gasteiger partial charge < -0.3 is 10.1 Å². The Labute approximate surface area is 168 Å². The fourth-order valence-electron chi connectivity index (χ4n) is 2.24. The number of hydrogen-bond donors (Lipinski definition) is 2. The van der Waals surface area contributed by atoms with Gasteiger partial charge in [0.1, 0.15) is 12.1 Å².